The van der Waals surface area contributed by atoms with Gasteiger partial charge in [-0.05, 0) is 38.4 Å². The topological polar surface area (TPSA) is 65.5 Å². The third kappa shape index (κ3) is 3.89. The number of nitrogens with zero attached hydrogens (tertiary/aromatic N) is 2. The van der Waals surface area contributed by atoms with Gasteiger partial charge in [0.15, 0.2) is 0 Å². The van der Waals surface area contributed by atoms with Gasteiger partial charge in [-0.25, -0.2) is 4.98 Å². The van der Waals surface area contributed by atoms with Crippen molar-refractivity contribution in [1.29, 1.82) is 0 Å². The number of hydrogen-bond acceptors (Lipinski definition) is 4. The van der Waals surface area contributed by atoms with Gasteiger partial charge < -0.3 is 10.4 Å². The number of pyridine rings is 1. The number of aliphatic hydroxyl groups is 1. The largest absolute Gasteiger partial charge is 0.392 e. The van der Waals surface area contributed by atoms with Crippen LogP contribution in [0, 0.1) is 0 Å². The second-order valence-electron chi connectivity index (χ2n) is 4.82. The zero-order valence-electron chi connectivity index (χ0n) is 10.8. The molecule has 2 N–H and O–H groups in total. The zero-order valence-corrected chi connectivity index (χ0v) is 11.6. The number of likely N-dealkylation sites (tertiary alicyclic amines) is 1. The van der Waals surface area contributed by atoms with Gasteiger partial charge in [-0.1, -0.05) is 11.6 Å². The molecule has 0 radical (unpaired) electrons. The Morgan fingerprint density at radius 3 is 3.05 bits per heavy atom. The molecule has 19 heavy (non-hydrogen) atoms. The smallest absolute Gasteiger partial charge is 0.242 e. The summed E-state index contributed by atoms with van der Waals surface area (Å²) in [6.45, 7) is 3.21. The van der Waals surface area contributed by atoms with Gasteiger partial charge in [-0.15, -0.1) is 0 Å². The summed E-state index contributed by atoms with van der Waals surface area (Å²) >= 11 is 5.74. The number of halogens is 1. The lowest BCUT2D eigenvalue weighted by Gasteiger charge is -2.33. The number of hydrogen-bond donors (Lipinski definition) is 2. The highest BCUT2D eigenvalue weighted by Crippen LogP contribution is 2.15. The summed E-state index contributed by atoms with van der Waals surface area (Å²) in [5.74, 6) is 0.364. The first-order valence-corrected chi connectivity index (χ1v) is 6.78. The first-order valence-electron chi connectivity index (χ1n) is 6.41. The van der Waals surface area contributed by atoms with Gasteiger partial charge >= 0.3 is 0 Å². The highest BCUT2D eigenvalue weighted by atomic mass is 35.5. The van der Waals surface area contributed by atoms with Crippen LogP contribution in [0.1, 0.15) is 19.8 Å². The Morgan fingerprint density at radius 2 is 2.42 bits per heavy atom. The number of β-amino-alcohol motifs (C(OH)–C–C–N with tert-alkyl or cyclic N) is 1. The van der Waals surface area contributed by atoms with E-state index in [0.717, 1.165) is 19.4 Å². The summed E-state index contributed by atoms with van der Waals surface area (Å²) < 4.78 is 0. The van der Waals surface area contributed by atoms with Crippen molar-refractivity contribution in [3.05, 3.63) is 23.4 Å². The minimum Gasteiger partial charge on any atom is -0.392 e. The van der Waals surface area contributed by atoms with E-state index in [1.807, 2.05) is 11.8 Å². The predicted octanol–water partition coefficient (Wildman–Crippen LogP) is 1.52. The zero-order chi connectivity index (χ0) is 13.8. The number of anilines is 1. The maximum Gasteiger partial charge on any atom is 0.242 e. The second-order valence-corrected chi connectivity index (χ2v) is 5.25. The molecular weight excluding hydrogens is 266 g/mol. The van der Waals surface area contributed by atoms with Crippen LogP contribution >= 0.6 is 11.6 Å². The van der Waals surface area contributed by atoms with Crippen LogP contribution < -0.4 is 5.32 Å². The third-order valence-electron chi connectivity index (χ3n) is 3.33. The molecule has 2 unspecified atom stereocenters. The second kappa shape index (κ2) is 6.32. The number of nitrogens with one attached hydrogen (secondary N) is 1. The monoisotopic (exact) mass is 283 g/mol. The Morgan fingerprint density at radius 1 is 1.63 bits per heavy atom. The molecule has 1 aromatic heterocycles. The fourth-order valence-corrected chi connectivity index (χ4v) is 2.29. The first-order chi connectivity index (χ1) is 9.06. The highest BCUT2D eigenvalue weighted by molar-refractivity contribution is 6.30. The molecule has 6 heteroatoms. The minimum atomic E-state index is -0.336. The van der Waals surface area contributed by atoms with Gasteiger partial charge in [0, 0.05) is 12.7 Å². The van der Waals surface area contributed by atoms with E-state index in [0.29, 0.717) is 17.4 Å². The summed E-state index contributed by atoms with van der Waals surface area (Å²) in [7, 11) is 0. The lowest BCUT2D eigenvalue weighted by molar-refractivity contribution is -0.121. The van der Waals surface area contributed by atoms with E-state index < -0.39 is 0 Å². The number of aliphatic hydroxyl groups excluding tert-OH is 1. The molecule has 5 nitrogen and oxygen atoms in total. The number of carbonyl (C=O) groups is 1. The molecule has 0 aromatic carbocycles. The molecular formula is C13H18ClN3O2. The van der Waals surface area contributed by atoms with E-state index in [-0.39, 0.29) is 18.1 Å². The van der Waals surface area contributed by atoms with Crippen molar-refractivity contribution in [3.8, 4) is 0 Å². The van der Waals surface area contributed by atoms with Gasteiger partial charge in [-0.2, -0.15) is 0 Å². The molecule has 2 rings (SSSR count). The fourth-order valence-electron chi connectivity index (χ4n) is 2.18. The summed E-state index contributed by atoms with van der Waals surface area (Å²) in [6.07, 6.45) is 2.88. The van der Waals surface area contributed by atoms with Crippen LogP contribution in [0.25, 0.3) is 0 Å². The van der Waals surface area contributed by atoms with E-state index in [2.05, 4.69) is 10.3 Å². The third-order valence-corrected chi connectivity index (χ3v) is 3.56. The van der Waals surface area contributed by atoms with Gasteiger partial charge in [0.05, 0.1) is 17.2 Å². The number of amides is 1. The maximum absolute atomic E-state index is 12.1. The SMILES string of the molecule is CC(C(=O)Nc1ccc(Cl)cn1)N1CCCC(O)C1. The van der Waals surface area contributed by atoms with Crippen molar-refractivity contribution < 1.29 is 9.90 Å². The van der Waals surface area contributed by atoms with Gasteiger partial charge in [0.25, 0.3) is 0 Å². The molecule has 0 saturated carbocycles. The van der Waals surface area contributed by atoms with Crippen LogP contribution in [0.5, 0.6) is 0 Å². The van der Waals surface area contributed by atoms with Crippen LogP contribution in [0.4, 0.5) is 5.82 Å². The van der Waals surface area contributed by atoms with Gasteiger partial charge in [-0.3, -0.25) is 9.69 Å². The average Bonchev–Trinajstić information content (AvgIpc) is 2.40. The summed E-state index contributed by atoms with van der Waals surface area (Å²) in [6, 6.07) is 3.06. The number of rotatable bonds is 3. The molecule has 1 fully saturated rings. The molecule has 1 aliphatic heterocycles. The molecule has 0 aliphatic carbocycles. The molecule has 0 spiro atoms. The molecule has 1 amide bonds. The van der Waals surface area contributed by atoms with E-state index in [1.165, 1.54) is 6.20 Å². The summed E-state index contributed by atoms with van der Waals surface area (Å²) in [5.41, 5.74) is 0. The van der Waals surface area contributed by atoms with Crippen molar-refractivity contribution in [1.82, 2.24) is 9.88 Å². The predicted molar refractivity (Wildman–Crippen MR) is 74.2 cm³/mol. The molecule has 2 atom stereocenters. The quantitative estimate of drug-likeness (QED) is 0.883. The fraction of sp³-hybridized carbons (Fsp3) is 0.538. The molecule has 1 saturated heterocycles. The molecule has 1 aliphatic rings. The normalized spacial score (nSPS) is 21.9. The Bertz CT molecular complexity index is 438. The van der Waals surface area contributed by atoms with E-state index in [1.54, 1.807) is 12.1 Å². The summed E-state index contributed by atoms with van der Waals surface area (Å²) in [4.78, 5) is 18.1. The number of carbonyl (C=O) groups excluding carboxylic acids is 1. The minimum absolute atomic E-state index is 0.121. The van der Waals surface area contributed by atoms with Crippen molar-refractivity contribution in [2.45, 2.75) is 31.9 Å². The highest BCUT2D eigenvalue weighted by Gasteiger charge is 2.26. The number of aromatic nitrogens is 1. The Labute approximate surface area is 117 Å². The van der Waals surface area contributed by atoms with Crippen LogP contribution in [0.2, 0.25) is 5.02 Å². The van der Waals surface area contributed by atoms with Crippen molar-refractivity contribution >= 4 is 23.3 Å². The summed E-state index contributed by atoms with van der Waals surface area (Å²) in [5, 5.41) is 12.9. The Balaban J connectivity index is 1.93. The molecule has 104 valence electrons. The van der Waals surface area contributed by atoms with Crippen LogP contribution in [-0.4, -0.2) is 46.1 Å². The van der Waals surface area contributed by atoms with Crippen LogP contribution in [0.3, 0.4) is 0 Å². The average molecular weight is 284 g/mol. The van der Waals surface area contributed by atoms with Crippen LogP contribution in [-0.2, 0) is 4.79 Å². The van der Waals surface area contributed by atoms with Gasteiger partial charge in [0.2, 0.25) is 5.91 Å². The first kappa shape index (κ1) is 14.2. The lowest BCUT2D eigenvalue weighted by Crippen LogP contribution is -2.48. The van der Waals surface area contributed by atoms with Crippen molar-refractivity contribution in [2.24, 2.45) is 0 Å². The maximum atomic E-state index is 12.1. The lowest BCUT2D eigenvalue weighted by atomic mass is 10.1. The molecule has 2 heterocycles. The van der Waals surface area contributed by atoms with E-state index in [4.69, 9.17) is 11.6 Å². The molecule has 0 bridgehead atoms. The van der Waals surface area contributed by atoms with Crippen molar-refractivity contribution in [2.75, 3.05) is 18.4 Å². The Hall–Kier alpha value is -1.17. The molecule has 1 aromatic rings. The van der Waals surface area contributed by atoms with Crippen molar-refractivity contribution in [3.63, 3.8) is 0 Å². The number of piperidine rings is 1. The van der Waals surface area contributed by atoms with E-state index in [9.17, 15) is 9.90 Å². The standard InChI is InChI=1S/C13H18ClN3O2/c1-9(17-6-2-3-11(18)8-17)13(19)16-12-5-4-10(14)7-15-12/h4-5,7,9,11,18H,2-3,6,8H2,1H3,(H,15,16,19). The van der Waals surface area contributed by atoms with Gasteiger partial charge in [0.1, 0.15) is 5.82 Å². The Kier molecular flexibility index (Phi) is 4.74. The van der Waals surface area contributed by atoms with E-state index >= 15 is 0 Å². The van der Waals surface area contributed by atoms with Crippen LogP contribution in [0.15, 0.2) is 18.3 Å².